The van der Waals surface area contributed by atoms with Crippen LogP contribution in [0.4, 0.5) is 4.39 Å². The first-order valence-corrected chi connectivity index (χ1v) is 9.67. The number of ketones is 1. The van der Waals surface area contributed by atoms with Crippen molar-refractivity contribution in [2.75, 3.05) is 34.3 Å². The Bertz CT molecular complexity index is 972. The number of benzene rings is 2. The van der Waals surface area contributed by atoms with Crippen LogP contribution in [0, 0.1) is 5.82 Å². The Morgan fingerprint density at radius 2 is 1.87 bits per heavy atom. The van der Waals surface area contributed by atoms with Crippen LogP contribution in [-0.2, 0) is 9.59 Å². The molecule has 1 unspecified atom stereocenters. The molecule has 3 rings (SSSR count). The van der Waals surface area contributed by atoms with Gasteiger partial charge in [0, 0.05) is 12.1 Å². The molecule has 6 nitrogen and oxygen atoms in total. The lowest BCUT2D eigenvalue weighted by molar-refractivity contribution is -0.139. The molecular weight excluding hydrogens is 387 g/mol. The van der Waals surface area contributed by atoms with E-state index in [-0.39, 0.29) is 16.9 Å². The van der Waals surface area contributed by atoms with Crippen LogP contribution in [0.15, 0.2) is 54.1 Å². The van der Waals surface area contributed by atoms with Crippen molar-refractivity contribution in [3.8, 4) is 5.75 Å². The van der Waals surface area contributed by atoms with Gasteiger partial charge >= 0.3 is 0 Å². The van der Waals surface area contributed by atoms with Gasteiger partial charge in [-0.25, -0.2) is 4.39 Å². The van der Waals surface area contributed by atoms with Crippen LogP contribution in [0.25, 0.3) is 5.76 Å². The fourth-order valence-corrected chi connectivity index (χ4v) is 3.62. The van der Waals surface area contributed by atoms with Gasteiger partial charge < -0.3 is 19.6 Å². The van der Waals surface area contributed by atoms with Crippen LogP contribution in [0.3, 0.4) is 0 Å². The Balaban J connectivity index is 2.08. The Morgan fingerprint density at radius 1 is 1.17 bits per heavy atom. The van der Waals surface area contributed by atoms with E-state index in [2.05, 4.69) is 0 Å². The summed E-state index contributed by atoms with van der Waals surface area (Å²) in [7, 11) is 5.20. The number of Topliss-reactive ketones (excluding diaryl/α,β-unsaturated/α-hetero) is 1. The highest BCUT2D eigenvalue weighted by Gasteiger charge is 2.45. The summed E-state index contributed by atoms with van der Waals surface area (Å²) in [5.41, 5.74) is 0.776. The third-order valence-electron chi connectivity index (χ3n) is 5.08. The maximum Gasteiger partial charge on any atom is 0.295 e. The maximum absolute atomic E-state index is 14.2. The maximum atomic E-state index is 14.2. The van der Waals surface area contributed by atoms with E-state index in [0.717, 1.165) is 12.6 Å². The number of methoxy groups -OCH3 is 1. The van der Waals surface area contributed by atoms with Gasteiger partial charge in [-0.1, -0.05) is 30.3 Å². The van der Waals surface area contributed by atoms with Crippen LogP contribution in [0.2, 0.25) is 0 Å². The normalized spacial score (nSPS) is 18.3. The van der Waals surface area contributed by atoms with Crippen LogP contribution in [0.1, 0.15) is 23.6 Å². The van der Waals surface area contributed by atoms with E-state index in [9.17, 15) is 19.1 Å². The van der Waals surface area contributed by atoms with E-state index in [1.165, 1.54) is 24.1 Å². The van der Waals surface area contributed by atoms with E-state index in [4.69, 9.17) is 4.74 Å². The van der Waals surface area contributed by atoms with E-state index >= 15 is 0 Å². The number of likely N-dealkylation sites (tertiary alicyclic amines) is 1. The third kappa shape index (κ3) is 4.21. The van der Waals surface area contributed by atoms with Gasteiger partial charge in [0.25, 0.3) is 11.7 Å². The highest BCUT2D eigenvalue weighted by Crippen LogP contribution is 2.39. The lowest BCUT2D eigenvalue weighted by Gasteiger charge is -2.26. The Kier molecular flexibility index (Phi) is 6.52. The van der Waals surface area contributed by atoms with Crippen molar-refractivity contribution in [3.05, 3.63) is 71.0 Å². The van der Waals surface area contributed by atoms with Crippen molar-refractivity contribution >= 4 is 17.4 Å². The molecule has 2 aromatic rings. The van der Waals surface area contributed by atoms with Gasteiger partial charge in [-0.15, -0.1) is 0 Å². The predicted octanol–water partition coefficient (Wildman–Crippen LogP) is 3.21. The van der Waals surface area contributed by atoms with Crippen molar-refractivity contribution in [3.63, 3.8) is 0 Å². The molecule has 1 fully saturated rings. The van der Waals surface area contributed by atoms with E-state index < -0.39 is 29.3 Å². The summed E-state index contributed by atoms with van der Waals surface area (Å²) in [5, 5.41) is 10.9. The summed E-state index contributed by atoms with van der Waals surface area (Å²) in [4.78, 5) is 29.2. The lowest BCUT2D eigenvalue weighted by atomic mass is 9.95. The highest BCUT2D eigenvalue weighted by molar-refractivity contribution is 6.46. The minimum atomic E-state index is -0.776. The average Bonchev–Trinajstić information content (AvgIpc) is 2.98. The summed E-state index contributed by atoms with van der Waals surface area (Å²) in [5.74, 6) is -2.49. The first-order chi connectivity index (χ1) is 14.3. The molecule has 1 aliphatic heterocycles. The molecule has 0 saturated carbocycles. The van der Waals surface area contributed by atoms with E-state index in [1.54, 1.807) is 12.1 Å². The van der Waals surface area contributed by atoms with Crippen molar-refractivity contribution in [2.24, 2.45) is 0 Å². The van der Waals surface area contributed by atoms with Gasteiger partial charge in [0.05, 0.1) is 18.7 Å². The molecule has 1 saturated heterocycles. The van der Waals surface area contributed by atoms with Gasteiger partial charge in [-0.2, -0.15) is 0 Å². The summed E-state index contributed by atoms with van der Waals surface area (Å²) in [6, 6.07) is 12.2. The summed E-state index contributed by atoms with van der Waals surface area (Å²) in [6.07, 6.45) is 0.667. The number of ether oxygens (including phenoxy) is 1. The van der Waals surface area contributed by atoms with Crippen molar-refractivity contribution < 1.29 is 23.8 Å². The number of carbonyl (C=O) groups is 2. The van der Waals surface area contributed by atoms with Gasteiger partial charge in [0.2, 0.25) is 0 Å². The fraction of sp³-hybridized carbons (Fsp3) is 0.304. The second kappa shape index (κ2) is 9.09. The van der Waals surface area contributed by atoms with Gasteiger partial charge in [0.15, 0.2) is 11.6 Å². The summed E-state index contributed by atoms with van der Waals surface area (Å²) >= 11 is 0. The van der Waals surface area contributed by atoms with Gasteiger partial charge in [0.1, 0.15) is 5.76 Å². The van der Waals surface area contributed by atoms with Crippen LogP contribution in [0.5, 0.6) is 5.75 Å². The molecule has 0 radical (unpaired) electrons. The number of hydrogen-bond acceptors (Lipinski definition) is 5. The van der Waals surface area contributed by atoms with Crippen LogP contribution in [-0.4, -0.2) is 60.9 Å². The topological polar surface area (TPSA) is 70.1 Å². The monoisotopic (exact) mass is 412 g/mol. The number of hydrogen-bond donors (Lipinski definition) is 1. The zero-order chi connectivity index (χ0) is 21.8. The van der Waals surface area contributed by atoms with Crippen LogP contribution >= 0.6 is 0 Å². The first kappa shape index (κ1) is 21.5. The van der Waals surface area contributed by atoms with E-state index in [1.807, 2.05) is 37.2 Å². The van der Waals surface area contributed by atoms with Crippen molar-refractivity contribution in [1.82, 2.24) is 9.80 Å². The number of amides is 1. The Labute approximate surface area is 175 Å². The zero-order valence-electron chi connectivity index (χ0n) is 17.3. The summed E-state index contributed by atoms with van der Waals surface area (Å²) in [6.45, 7) is 1.10. The molecule has 1 aliphatic rings. The van der Waals surface area contributed by atoms with Crippen molar-refractivity contribution in [2.45, 2.75) is 12.5 Å². The molecule has 0 aliphatic carbocycles. The Hall–Kier alpha value is -3.19. The Morgan fingerprint density at radius 3 is 2.47 bits per heavy atom. The number of rotatable bonds is 7. The highest BCUT2D eigenvalue weighted by atomic mass is 19.1. The molecule has 1 N–H and O–H groups in total. The number of aliphatic hydroxyl groups excluding tert-OH is 1. The SMILES string of the molecule is COc1ccc(C(O)=C2C(=O)C(=O)N(CCCN(C)C)C2c2ccccc2)cc1F. The van der Waals surface area contributed by atoms with Gasteiger partial charge in [-0.05, 0) is 50.8 Å². The molecule has 1 atom stereocenters. The molecule has 1 heterocycles. The second-order valence-corrected chi connectivity index (χ2v) is 7.41. The zero-order valence-corrected chi connectivity index (χ0v) is 17.3. The fourth-order valence-electron chi connectivity index (χ4n) is 3.62. The van der Waals surface area contributed by atoms with Crippen molar-refractivity contribution in [1.29, 1.82) is 0 Å². The molecular formula is C23H25FN2O4. The quantitative estimate of drug-likeness (QED) is 0.430. The molecule has 0 aromatic heterocycles. The van der Waals surface area contributed by atoms with E-state index in [0.29, 0.717) is 18.5 Å². The lowest BCUT2D eigenvalue weighted by Crippen LogP contribution is -2.32. The smallest absolute Gasteiger partial charge is 0.295 e. The molecule has 158 valence electrons. The second-order valence-electron chi connectivity index (χ2n) is 7.41. The minimum absolute atomic E-state index is 0.0234. The minimum Gasteiger partial charge on any atom is -0.507 e. The number of halogens is 1. The number of nitrogens with zero attached hydrogens (tertiary/aromatic N) is 2. The standard InChI is InChI=1S/C23H25FN2O4/c1-25(2)12-7-13-26-20(15-8-5-4-6-9-15)19(22(28)23(26)29)21(27)16-10-11-18(30-3)17(24)14-16/h4-6,8-11,14,20,27H,7,12-13H2,1-3H3. The number of carbonyl (C=O) groups excluding carboxylic acids is 2. The predicted molar refractivity (Wildman–Crippen MR) is 112 cm³/mol. The average molecular weight is 412 g/mol. The molecule has 0 spiro atoms. The molecule has 0 bridgehead atoms. The molecule has 1 amide bonds. The number of aliphatic hydroxyl groups is 1. The molecule has 2 aromatic carbocycles. The summed E-state index contributed by atoms with van der Waals surface area (Å²) < 4.78 is 19.1. The first-order valence-electron chi connectivity index (χ1n) is 9.67. The van der Waals surface area contributed by atoms with Gasteiger partial charge in [-0.3, -0.25) is 9.59 Å². The molecule has 30 heavy (non-hydrogen) atoms. The largest absolute Gasteiger partial charge is 0.507 e. The molecule has 7 heteroatoms. The third-order valence-corrected chi connectivity index (χ3v) is 5.08. The van der Waals surface area contributed by atoms with Crippen LogP contribution < -0.4 is 4.74 Å².